The van der Waals surface area contributed by atoms with Crippen LogP contribution in [0.5, 0.6) is 0 Å². The van der Waals surface area contributed by atoms with Crippen LogP contribution >= 0.6 is 0 Å². The lowest BCUT2D eigenvalue weighted by atomic mass is 10.1. The Hall–Kier alpha value is -1.81. The van der Waals surface area contributed by atoms with Crippen molar-refractivity contribution in [2.75, 3.05) is 18.5 Å². The number of aromatic nitrogens is 2. The lowest BCUT2D eigenvalue weighted by Crippen LogP contribution is -2.32. The number of benzene rings is 1. The zero-order valence-corrected chi connectivity index (χ0v) is 11.7. The fourth-order valence-electron chi connectivity index (χ4n) is 2.33. The summed E-state index contributed by atoms with van der Waals surface area (Å²) in [6.45, 7) is 5.29. The van der Waals surface area contributed by atoms with Crippen LogP contribution in [-0.2, 0) is 6.54 Å². The van der Waals surface area contributed by atoms with Crippen molar-refractivity contribution in [2.24, 2.45) is 0 Å². The van der Waals surface area contributed by atoms with Crippen LogP contribution in [0.25, 0.3) is 0 Å². The van der Waals surface area contributed by atoms with Gasteiger partial charge < -0.3 is 10.0 Å². The number of aliphatic hydroxyl groups excluding tert-OH is 1. The lowest BCUT2D eigenvalue weighted by Gasteiger charge is -2.24. The fraction of sp³-hybridized carbons (Fsp3) is 0.400. The monoisotopic (exact) mass is 259 g/mol. The van der Waals surface area contributed by atoms with Crippen LogP contribution in [0.1, 0.15) is 11.1 Å². The van der Waals surface area contributed by atoms with E-state index in [1.165, 1.54) is 11.1 Å². The predicted octanol–water partition coefficient (Wildman–Crippen LogP) is 2.00. The Kier molecular flexibility index (Phi) is 4.22. The molecule has 0 spiro atoms. The van der Waals surface area contributed by atoms with Gasteiger partial charge in [0.2, 0.25) is 0 Å². The molecule has 0 aliphatic carbocycles. The van der Waals surface area contributed by atoms with E-state index in [0.717, 1.165) is 5.69 Å². The van der Waals surface area contributed by atoms with Gasteiger partial charge in [0.1, 0.15) is 0 Å². The molecule has 102 valence electrons. The first-order valence-corrected chi connectivity index (χ1v) is 6.50. The summed E-state index contributed by atoms with van der Waals surface area (Å²) in [7, 11) is 2.00. The summed E-state index contributed by atoms with van der Waals surface area (Å²) in [6.07, 6.45) is 3.14. The van der Waals surface area contributed by atoms with Crippen LogP contribution in [0.3, 0.4) is 0 Å². The Labute approximate surface area is 114 Å². The summed E-state index contributed by atoms with van der Waals surface area (Å²) in [6, 6.07) is 8.22. The van der Waals surface area contributed by atoms with Crippen molar-refractivity contribution in [3.8, 4) is 0 Å². The minimum absolute atomic E-state index is 0.439. The third-order valence-corrected chi connectivity index (χ3v) is 3.21. The summed E-state index contributed by atoms with van der Waals surface area (Å²) in [4.78, 5) is 2.09. The van der Waals surface area contributed by atoms with Crippen LogP contribution in [-0.4, -0.2) is 34.6 Å². The van der Waals surface area contributed by atoms with Gasteiger partial charge in [-0.1, -0.05) is 17.7 Å². The smallest absolute Gasteiger partial charge is 0.0910 e. The van der Waals surface area contributed by atoms with E-state index >= 15 is 0 Å². The van der Waals surface area contributed by atoms with Crippen LogP contribution in [0, 0.1) is 13.8 Å². The first kappa shape index (κ1) is 13.6. The molecule has 1 unspecified atom stereocenters. The first-order chi connectivity index (χ1) is 9.06. The van der Waals surface area contributed by atoms with Gasteiger partial charge in [-0.15, -0.1) is 0 Å². The van der Waals surface area contributed by atoms with Crippen molar-refractivity contribution in [1.29, 1.82) is 0 Å². The maximum Gasteiger partial charge on any atom is 0.0910 e. The van der Waals surface area contributed by atoms with Crippen molar-refractivity contribution >= 4 is 5.69 Å². The molecule has 19 heavy (non-hydrogen) atoms. The molecular weight excluding hydrogens is 238 g/mol. The molecule has 0 fully saturated rings. The number of hydrogen-bond acceptors (Lipinski definition) is 3. The molecule has 0 aliphatic rings. The second-order valence-corrected chi connectivity index (χ2v) is 5.05. The molecule has 0 amide bonds. The molecule has 4 heteroatoms. The van der Waals surface area contributed by atoms with Crippen LogP contribution in [0.15, 0.2) is 36.7 Å². The second kappa shape index (κ2) is 5.89. The number of nitrogens with zero attached hydrogens (tertiary/aromatic N) is 3. The van der Waals surface area contributed by atoms with Gasteiger partial charge in [-0.05, 0) is 31.5 Å². The molecule has 2 rings (SSSR count). The highest BCUT2D eigenvalue weighted by molar-refractivity contribution is 5.53. The van der Waals surface area contributed by atoms with Gasteiger partial charge in [0.05, 0.1) is 12.6 Å². The highest BCUT2D eigenvalue weighted by Crippen LogP contribution is 2.20. The zero-order valence-electron chi connectivity index (χ0n) is 11.7. The SMILES string of the molecule is Cc1ccc(N(C)CC(O)Cn2cccn2)c(C)c1. The van der Waals surface area contributed by atoms with Gasteiger partial charge in [-0.2, -0.15) is 5.10 Å². The molecule has 2 aromatic rings. The van der Waals surface area contributed by atoms with E-state index in [-0.39, 0.29) is 0 Å². The average molecular weight is 259 g/mol. The highest BCUT2D eigenvalue weighted by atomic mass is 16.3. The van der Waals surface area contributed by atoms with Crippen LogP contribution in [0.4, 0.5) is 5.69 Å². The Morgan fingerprint density at radius 3 is 2.79 bits per heavy atom. The highest BCUT2D eigenvalue weighted by Gasteiger charge is 2.11. The van der Waals surface area contributed by atoms with E-state index in [9.17, 15) is 5.11 Å². The van der Waals surface area contributed by atoms with Gasteiger partial charge in [-0.3, -0.25) is 4.68 Å². The zero-order chi connectivity index (χ0) is 13.8. The number of anilines is 1. The van der Waals surface area contributed by atoms with E-state index in [1.54, 1.807) is 10.9 Å². The standard InChI is InChI=1S/C15H21N3O/c1-12-5-6-15(13(2)9-12)17(3)10-14(19)11-18-8-4-7-16-18/h4-9,14,19H,10-11H2,1-3H3. The minimum Gasteiger partial charge on any atom is -0.389 e. The van der Waals surface area contributed by atoms with E-state index in [1.807, 2.05) is 19.3 Å². The Morgan fingerprint density at radius 1 is 1.37 bits per heavy atom. The van der Waals surface area contributed by atoms with Crippen LogP contribution < -0.4 is 4.90 Å². The lowest BCUT2D eigenvalue weighted by molar-refractivity contribution is 0.156. The molecule has 0 saturated heterocycles. The normalized spacial score (nSPS) is 12.4. The predicted molar refractivity (Wildman–Crippen MR) is 77.4 cm³/mol. The van der Waals surface area contributed by atoms with Crippen molar-refractivity contribution in [3.63, 3.8) is 0 Å². The van der Waals surface area contributed by atoms with Gasteiger partial charge in [-0.25, -0.2) is 0 Å². The van der Waals surface area contributed by atoms with Crippen LogP contribution in [0.2, 0.25) is 0 Å². The Morgan fingerprint density at radius 2 is 2.16 bits per heavy atom. The molecule has 1 heterocycles. The van der Waals surface area contributed by atoms with E-state index in [0.29, 0.717) is 13.1 Å². The Bertz CT molecular complexity index is 522. The van der Waals surface area contributed by atoms with Crippen molar-refractivity contribution in [3.05, 3.63) is 47.8 Å². The van der Waals surface area contributed by atoms with Gasteiger partial charge in [0.15, 0.2) is 0 Å². The second-order valence-electron chi connectivity index (χ2n) is 5.05. The molecule has 0 aliphatic heterocycles. The molecule has 4 nitrogen and oxygen atoms in total. The molecule has 0 radical (unpaired) electrons. The maximum atomic E-state index is 10.1. The quantitative estimate of drug-likeness (QED) is 0.893. The van der Waals surface area contributed by atoms with E-state index < -0.39 is 6.10 Å². The Balaban J connectivity index is 1.98. The summed E-state index contributed by atoms with van der Waals surface area (Å²) < 4.78 is 1.75. The summed E-state index contributed by atoms with van der Waals surface area (Å²) in [5.41, 5.74) is 3.64. The maximum absolute atomic E-state index is 10.1. The van der Waals surface area contributed by atoms with Gasteiger partial charge in [0.25, 0.3) is 0 Å². The number of likely N-dealkylation sites (N-methyl/N-ethyl adjacent to an activating group) is 1. The largest absolute Gasteiger partial charge is 0.389 e. The third-order valence-electron chi connectivity index (χ3n) is 3.21. The molecular formula is C15H21N3O. The summed E-state index contributed by atoms with van der Waals surface area (Å²) in [5, 5.41) is 14.2. The molecule has 1 aromatic carbocycles. The molecule has 1 aromatic heterocycles. The number of rotatable bonds is 5. The number of aliphatic hydroxyl groups is 1. The molecule has 1 N–H and O–H groups in total. The molecule has 0 saturated carbocycles. The molecule has 1 atom stereocenters. The van der Waals surface area contributed by atoms with E-state index in [4.69, 9.17) is 0 Å². The number of hydrogen-bond donors (Lipinski definition) is 1. The molecule has 0 bridgehead atoms. The third kappa shape index (κ3) is 3.58. The summed E-state index contributed by atoms with van der Waals surface area (Å²) >= 11 is 0. The fourth-order valence-corrected chi connectivity index (χ4v) is 2.33. The summed E-state index contributed by atoms with van der Waals surface area (Å²) in [5.74, 6) is 0. The van der Waals surface area contributed by atoms with Gasteiger partial charge in [0, 0.05) is 31.7 Å². The first-order valence-electron chi connectivity index (χ1n) is 6.50. The van der Waals surface area contributed by atoms with Crippen molar-refractivity contribution < 1.29 is 5.11 Å². The van der Waals surface area contributed by atoms with Crippen molar-refractivity contribution in [2.45, 2.75) is 26.5 Å². The average Bonchev–Trinajstić information content (AvgIpc) is 2.81. The topological polar surface area (TPSA) is 41.3 Å². The van der Waals surface area contributed by atoms with Crippen molar-refractivity contribution in [1.82, 2.24) is 9.78 Å². The number of aryl methyl sites for hydroxylation is 2. The minimum atomic E-state index is -0.439. The van der Waals surface area contributed by atoms with Gasteiger partial charge >= 0.3 is 0 Å². The van der Waals surface area contributed by atoms with E-state index in [2.05, 4.69) is 42.0 Å².